The molecule has 3 nitrogen and oxygen atoms in total. The molecule has 0 aliphatic heterocycles. The maximum atomic E-state index is 12.2. The zero-order valence-electron chi connectivity index (χ0n) is 10.6. The van der Waals surface area contributed by atoms with Crippen LogP contribution in [-0.2, 0) is 0 Å². The first-order valence-electron chi connectivity index (χ1n) is 5.47. The van der Waals surface area contributed by atoms with E-state index in [1.165, 1.54) is 0 Å². The minimum absolute atomic E-state index is 0.556. The molecule has 0 bridgehead atoms. The van der Waals surface area contributed by atoms with E-state index in [0.717, 1.165) is 16.8 Å². The average molecular weight is 278 g/mol. The van der Waals surface area contributed by atoms with Crippen molar-refractivity contribution in [1.82, 2.24) is 0 Å². The third-order valence-corrected chi connectivity index (χ3v) is 2.21. The minimum Gasteiger partial charge on any atom is -0.396 e. The molecule has 0 amide bonds. The number of nitrogens with two attached hydrogens (primary N) is 2. The molecule has 102 valence electrons. The summed E-state index contributed by atoms with van der Waals surface area (Å²) in [5, 5.41) is 1.60. The van der Waals surface area contributed by atoms with Crippen LogP contribution in [0.15, 0.2) is 30.1 Å². The lowest BCUT2D eigenvalue weighted by molar-refractivity contribution is 0.187. The van der Waals surface area contributed by atoms with Crippen molar-refractivity contribution in [3.05, 3.63) is 40.7 Å². The largest absolute Gasteiger partial charge is 0.396 e. The molecule has 1 rings (SSSR count). The Morgan fingerprint density at radius 2 is 1.94 bits per heavy atom. The number of alkyl halides is 2. The fourth-order valence-corrected chi connectivity index (χ4v) is 1.42. The van der Waals surface area contributed by atoms with Crippen LogP contribution in [0.1, 0.15) is 19.4 Å². The van der Waals surface area contributed by atoms with Crippen molar-refractivity contribution in [1.29, 1.82) is 0 Å². The van der Waals surface area contributed by atoms with Gasteiger partial charge in [0.25, 0.3) is 6.43 Å². The lowest BCUT2D eigenvalue weighted by Gasteiger charge is -2.17. The lowest BCUT2D eigenvalue weighted by atomic mass is 10.2. The van der Waals surface area contributed by atoms with Gasteiger partial charge < -0.3 is 5.73 Å². The Morgan fingerprint density at radius 3 is 2.39 bits per heavy atom. The highest BCUT2D eigenvalue weighted by Crippen LogP contribution is 2.22. The van der Waals surface area contributed by atoms with E-state index in [0.29, 0.717) is 10.7 Å². The molecule has 0 aliphatic carbocycles. The Labute approximate surface area is 111 Å². The van der Waals surface area contributed by atoms with Crippen molar-refractivity contribution in [3.63, 3.8) is 0 Å². The first-order valence-corrected chi connectivity index (χ1v) is 5.85. The maximum Gasteiger partial charge on any atom is 0.279 e. The van der Waals surface area contributed by atoms with Gasteiger partial charge in [0.1, 0.15) is 0 Å². The monoisotopic (exact) mass is 277 g/mol. The van der Waals surface area contributed by atoms with Crippen LogP contribution in [-0.4, -0.2) is 6.43 Å². The van der Waals surface area contributed by atoms with Gasteiger partial charge in [-0.15, -0.1) is 0 Å². The Balaban J connectivity index is 0.00000137. The van der Waals surface area contributed by atoms with Crippen LogP contribution in [0.4, 0.5) is 14.5 Å². The molecule has 0 aliphatic rings. The zero-order valence-corrected chi connectivity index (χ0v) is 11.4. The van der Waals surface area contributed by atoms with E-state index in [-0.39, 0.29) is 0 Å². The quantitative estimate of drug-likeness (QED) is 0.657. The third-order valence-electron chi connectivity index (χ3n) is 1.98. The number of aryl methyl sites for hydroxylation is 1. The molecule has 0 saturated carbocycles. The summed E-state index contributed by atoms with van der Waals surface area (Å²) in [6.45, 7) is 5.77. The number of rotatable bonds is 3. The number of hydrogen-bond donors (Lipinski definition) is 2. The highest BCUT2D eigenvalue weighted by atomic mass is 35.5. The first kappa shape index (κ1) is 16.7. The molecule has 0 unspecified atom stereocenters. The Kier molecular flexibility index (Phi) is 7.31. The fraction of sp³-hybridized carbons (Fsp3) is 0.333. The molecule has 0 spiro atoms. The van der Waals surface area contributed by atoms with Gasteiger partial charge in [-0.25, -0.2) is 14.6 Å². The summed E-state index contributed by atoms with van der Waals surface area (Å²) in [6, 6.07) is 4.94. The van der Waals surface area contributed by atoms with Crippen LogP contribution in [0.3, 0.4) is 0 Å². The van der Waals surface area contributed by atoms with E-state index in [4.69, 9.17) is 23.2 Å². The van der Waals surface area contributed by atoms with Gasteiger partial charge in [-0.05, 0) is 30.7 Å². The summed E-state index contributed by atoms with van der Waals surface area (Å²) in [6.07, 6.45) is -1.74. The molecule has 0 aromatic heterocycles. The summed E-state index contributed by atoms with van der Waals surface area (Å²) in [4.78, 5) is 0. The molecule has 0 saturated heterocycles. The van der Waals surface area contributed by atoms with E-state index in [1.54, 1.807) is 25.1 Å². The average Bonchev–Trinajstić information content (AvgIpc) is 2.31. The van der Waals surface area contributed by atoms with Gasteiger partial charge in [0.05, 0.1) is 11.4 Å². The molecule has 0 heterocycles. The lowest BCUT2D eigenvalue weighted by Crippen LogP contribution is -2.27. The maximum absolute atomic E-state index is 12.2. The number of hydrazine groups is 1. The number of hydrogen-bond acceptors (Lipinski definition) is 3. The van der Waals surface area contributed by atoms with Crippen LogP contribution >= 0.6 is 11.6 Å². The van der Waals surface area contributed by atoms with Crippen LogP contribution in [0, 0.1) is 6.92 Å². The molecule has 0 atom stereocenters. The van der Waals surface area contributed by atoms with E-state index in [9.17, 15) is 8.78 Å². The number of halogens is 3. The van der Waals surface area contributed by atoms with Gasteiger partial charge in [0.15, 0.2) is 0 Å². The van der Waals surface area contributed by atoms with Crippen LogP contribution in [0.5, 0.6) is 0 Å². The summed E-state index contributed by atoms with van der Waals surface area (Å²) >= 11 is 5.76. The Hall–Kier alpha value is -1.33. The van der Waals surface area contributed by atoms with E-state index < -0.39 is 12.1 Å². The zero-order chi connectivity index (χ0) is 14.3. The van der Waals surface area contributed by atoms with Crippen molar-refractivity contribution >= 4 is 17.3 Å². The van der Waals surface area contributed by atoms with Crippen LogP contribution < -0.4 is 16.6 Å². The van der Waals surface area contributed by atoms with Crippen molar-refractivity contribution < 1.29 is 8.78 Å². The second-order valence-corrected chi connectivity index (χ2v) is 3.70. The molecular weight excluding hydrogens is 260 g/mol. The second kappa shape index (κ2) is 7.89. The second-order valence-electron chi connectivity index (χ2n) is 3.27. The van der Waals surface area contributed by atoms with Crippen molar-refractivity contribution in [2.75, 3.05) is 5.01 Å². The summed E-state index contributed by atoms with van der Waals surface area (Å²) < 4.78 is 24.3. The standard InChI is InChI=1S/C10H12ClF2N3.C2H6/c1-6-4-7(11)2-3-9(6)16(15)5-8(14)10(12)13;1-2/h2-5,10H,14-15H2,1H3;1-2H3/b8-5-;. The molecule has 0 radical (unpaired) electrons. The van der Waals surface area contributed by atoms with E-state index in [1.807, 2.05) is 13.8 Å². The molecular formula is C12H18ClF2N3. The number of nitrogens with zero attached hydrogens (tertiary/aromatic N) is 1. The highest BCUT2D eigenvalue weighted by Gasteiger charge is 2.09. The van der Waals surface area contributed by atoms with Gasteiger partial charge in [0.2, 0.25) is 0 Å². The summed E-state index contributed by atoms with van der Waals surface area (Å²) in [7, 11) is 0. The molecule has 1 aromatic carbocycles. The minimum atomic E-state index is -2.72. The van der Waals surface area contributed by atoms with E-state index in [2.05, 4.69) is 0 Å². The molecule has 6 heteroatoms. The third kappa shape index (κ3) is 4.89. The van der Waals surface area contributed by atoms with Crippen molar-refractivity contribution in [2.24, 2.45) is 11.6 Å². The van der Waals surface area contributed by atoms with Gasteiger partial charge in [-0.3, -0.25) is 5.01 Å². The van der Waals surface area contributed by atoms with Gasteiger partial charge in [-0.1, -0.05) is 25.4 Å². The van der Waals surface area contributed by atoms with Crippen molar-refractivity contribution in [2.45, 2.75) is 27.2 Å². The molecule has 4 N–H and O–H groups in total. The topological polar surface area (TPSA) is 55.3 Å². The normalized spacial score (nSPS) is 11.0. The van der Waals surface area contributed by atoms with Crippen LogP contribution in [0.25, 0.3) is 0 Å². The number of anilines is 1. The SMILES string of the molecule is CC.Cc1cc(Cl)ccc1N(N)/C=C(\N)C(F)F. The number of benzene rings is 1. The molecule has 0 fully saturated rings. The Morgan fingerprint density at radius 1 is 1.39 bits per heavy atom. The predicted octanol–water partition coefficient (Wildman–Crippen LogP) is 3.42. The van der Waals surface area contributed by atoms with Gasteiger partial charge in [-0.2, -0.15) is 0 Å². The first-order chi connectivity index (χ1) is 8.41. The predicted molar refractivity (Wildman–Crippen MR) is 72.5 cm³/mol. The van der Waals surface area contributed by atoms with Gasteiger partial charge in [0, 0.05) is 11.2 Å². The fourth-order valence-electron chi connectivity index (χ4n) is 1.20. The van der Waals surface area contributed by atoms with Crippen molar-refractivity contribution in [3.8, 4) is 0 Å². The number of allylic oxidation sites excluding steroid dienone is 1. The van der Waals surface area contributed by atoms with E-state index >= 15 is 0 Å². The molecule has 18 heavy (non-hydrogen) atoms. The van der Waals surface area contributed by atoms with Crippen LogP contribution in [0.2, 0.25) is 5.02 Å². The van der Waals surface area contributed by atoms with Gasteiger partial charge >= 0.3 is 0 Å². The summed E-state index contributed by atoms with van der Waals surface area (Å²) in [5.74, 6) is 5.59. The smallest absolute Gasteiger partial charge is 0.279 e. The highest BCUT2D eigenvalue weighted by molar-refractivity contribution is 6.30. The molecule has 1 aromatic rings. The Bertz CT molecular complexity index is 408. The summed E-state index contributed by atoms with van der Waals surface area (Å²) in [5.41, 5.74) is 5.85.